The van der Waals surface area contributed by atoms with Gasteiger partial charge in [0.15, 0.2) is 9.86 Å². The SMILES string of the molecule is CC[C@@H]1CCCCN1S(=O)(=O)c1c(C)nc2sccn2c1=O. The predicted molar refractivity (Wildman–Crippen MR) is 85.9 cm³/mol. The highest BCUT2D eigenvalue weighted by molar-refractivity contribution is 7.89. The maximum absolute atomic E-state index is 13.0. The molecule has 0 aromatic carbocycles. The van der Waals surface area contributed by atoms with Crippen molar-refractivity contribution in [1.29, 1.82) is 0 Å². The first-order valence-corrected chi connectivity index (χ1v) is 9.77. The number of hydrogen-bond acceptors (Lipinski definition) is 5. The number of fused-ring (bicyclic) bond motifs is 1. The van der Waals surface area contributed by atoms with Gasteiger partial charge in [-0.15, -0.1) is 11.3 Å². The van der Waals surface area contributed by atoms with E-state index in [9.17, 15) is 13.2 Å². The second-order valence-electron chi connectivity index (χ2n) is 5.56. The fraction of sp³-hybridized carbons (Fsp3) is 0.571. The number of thiazole rings is 1. The molecule has 1 saturated heterocycles. The Balaban J connectivity index is 2.18. The highest BCUT2D eigenvalue weighted by Gasteiger charge is 2.36. The average molecular weight is 341 g/mol. The van der Waals surface area contributed by atoms with Crippen molar-refractivity contribution in [1.82, 2.24) is 13.7 Å². The van der Waals surface area contributed by atoms with Crippen molar-refractivity contribution in [3.63, 3.8) is 0 Å². The van der Waals surface area contributed by atoms with Gasteiger partial charge in [-0.3, -0.25) is 9.20 Å². The molecule has 6 nitrogen and oxygen atoms in total. The fourth-order valence-corrected chi connectivity index (χ4v) is 5.82. The standard InChI is InChI=1S/C14H19N3O3S2/c1-3-11-6-4-5-7-17(11)22(19,20)12-10(2)15-14-16(13(12)18)8-9-21-14/h8-9,11H,3-7H2,1-2H3/t11-/m1/s1. The van der Waals surface area contributed by atoms with Crippen LogP contribution in [0, 0.1) is 6.92 Å². The molecule has 0 saturated carbocycles. The molecule has 3 heterocycles. The summed E-state index contributed by atoms with van der Waals surface area (Å²) in [5.41, 5.74) is -0.211. The highest BCUT2D eigenvalue weighted by Crippen LogP contribution is 2.27. The minimum Gasteiger partial charge on any atom is -0.267 e. The molecule has 0 unspecified atom stereocenters. The van der Waals surface area contributed by atoms with Gasteiger partial charge in [-0.1, -0.05) is 13.3 Å². The topological polar surface area (TPSA) is 71.8 Å². The molecule has 0 aliphatic carbocycles. The first kappa shape index (κ1) is 15.6. The fourth-order valence-electron chi connectivity index (χ4n) is 3.08. The van der Waals surface area contributed by atoms with E-state index in [2.05, 4.69) is 4.98 Å². The van der Waals surface area contributed by atoms with Gasteiger partial charge < -0.3 is 0 Å². The minimum atomic E-state index is -3.81. The number of piperidine rings is 1. The molecule has 22 heavy (non-hydrogen) atoms. The summed E-state index contributed by atoms with van der Waals surface area (Å²) >= 11 is 1.32. The zero-order valence-electron chi connectivity index (χ0n) is 12.7. The molecule has 0 N–H and O–H groups in total. The number of sulfonamides is 1. The second-order valence-corrected chi connectivity index (χ2v) is 8.26. The van der Waals surface area contributed by atoms with Crippen LogP contribution in [0.2, 0.25) is 0 Å². The molecular weight excluding hydrogens is 322 g/mol. The summed E-state index contributed by atoms with van der Waals surface area (Å²) in [5, 5.41) is 1.73. The Morgan fingerprint density at radius 2 is 2.18 bits per heavy atom. The van der Waals surface area contributed by atoms with Crippen LogP contribution in [-0.4, -0.2) is 34.7 Å². The van der Waals surface area contributed by atoms with E-state index in [-0.39, 0.29) is 16.6 Å². The summed E-state index contributed by atoms with van der Waals surface area (Å²) in [6.07, 6.45) is 5.05. The molecule has 0 spiro atoms. The van der Waals surface area contributed by atoms with Crippen molar-refractivity contribution < 1.29 is 8.42 Å². The van der Waals surface area contributed by atoms with E-state index in [0.717, 1.165) is 25.7 Å². The van der Waals surface area contributed by atoms with Gasteiger partial charge in [-0.25, -0.2) is 13.4 Å². The molecule has 2 aromatic heterocycles. The van der Waals surface area contributed by atoms with Gasteiger partial charge in [0.25, 0.3) is 15.6 Å². The lowest BCUT2D eigenvalue weighted by atomic mass is 10.0. The van der Waals surface area contributed by atoms with Gasteiger partial charge in [0.2, 0.25) is 0 Å². The van der Waals surface area contributed by atoms with Crippen LogP contribution in [-0.2, 0) is 10.0 Å². The summed E-state index contributed by atoms with van der Waals surface area (Å²) in [6, 6.07) is -0.0271. The minimum absolute atomic E-state index is 0.0271. The van der Waals surface area contributed by atoms with E-state index < -0.39 is 15.6 Å². The number of rotatable bonds is 3. The molecule has 8 heteroatoms. The number of nitrogens with zero attached hydrogens (tertiary/aromatic N) is 3. The van der Waals surface area contributed by atoms with Crippen LogP contribution in [0.3, 0.4) is 0 Å². The van der Waals surface area contributed by atoms with E-state index in [1.165, 1.54) is 20.0 Å². The number of hydrogen-bond donors (Lipinski definition) is 0. The Labute approximate surface area is 133 Å². The largest absolute Gasteiger partial charge is 0.279 e. The van der Waals surface area contributed by atoms with Gasteiger partial charge in [-0.05, 0) is 26.2 Å². The maximum Gasteiger partial charge on any atom is 0.279 e. The summed E-state index contributed by atoms with van der Waals surface area (Å²) in [7, 11) is -3.81. The smallest absolute Gasteiger partial charge is 0.267 e. The third-order valence-corrected chi connectivity index (χ3v) is 7.05. The maximum atomic E-state index is 13.0. The van der Waals surface area contributed by atoms with Gasteiger partial charge in [0, 0.05) is 24.2 Å². The zero-order chi connectivity index (χ0) is 15.9. The lowest BCUT2D eigenvalue weighted by Gasteiger charge is -2.34. The predicted octanol–water partition coefficient (Wildman–Crippen LogP) is 2.02. The van der Waals surface area contributed by atoms with Crippen molar-refractivity contribution in [2.75, 3.05) is 6.54 Å². The Morgan fingerprint density at radius 3 is 2.91 bits per heavy atom. The van der Waals surface area contributed by atoms with E-state index in [0.29, 0.717) is 11.5 Å². The Morgan fingerprint density at radius 1 is 1.41 bits per heavy atom. The highest BCUT2D eigenvalue weighted by atomic mass is 32.2. The van der Waals surface area contributed by atoms with Crippen LogP contribution in [0.4, 0.5) is 0 Å². The summed E-state index contributed by atoms with van der Waals surface area (Å²) < 4.78 is 28.9. The third-order valence-electron chi connectivity index (χ3n) is 4.21. The summed E-state index contributed by atoms with van der Waals surface area (Å²) in [4.78, 5) is 17.2. The van der Waals surface area contributed by atoms with Crippen LogP contribution >= 0.6 is 11.3 Å². The van der Waals surface area contributed by atoms with E-state index in [1.54, 1.807) is 18.5 Å². The molecule has 1 aliphatic heterocycles. The molecule has 0 radical (unpaired) electrons. The second kappa shape index (κ2) is 5.75. The first-order chi connectivity index (χ1) is 10.5. The number of aromatic nitrogens is 2. The molecule has 0 amide bonds. The summed E-state index contributed by atoms with van der Waals surface area (Å²) in [6.45, 7) is 4.06. The summed E-state index contributed by atoms with van der Waals surface area (Å²) in [5.74, 6) is 0. The van der Waals surface area contributed by atoms with Gasteiger partial charge in [0.05, 0.1) is 5.69 Å². The Kier molecular flexibility index (Phi) is 4.09. The van der Waals surface area contributed by atoms with Crippen LogP contribution < -0.4 is 5.56 Å². The normalized spacial score (nSPS) is 20.5. The van der Waals surface area contributed by atoms with E-state index in [1.807, 2.05) is 6.92 Å². The zero-order valence-corrected chi connectivity index (χ0v) is 14.3. The lowest BCUT2D eigenvalue weighted by Crippen LogP contribution is -2.45. The van der Waals surface area contributed by atoms with E-state index in [4.69, 9.17) is 0 Å². The molecule has 2 aromatic rings. The molecule has 1 fully saturated rings. The van der Waals surface area contributed by atoms with Crippen molar-refractivity contribution in [2.45, 2.75) is 50.5 Å². The van der Waals surface area contributed by atoms with Crippen LogP contribution in [0.25, 0.3) is 4.96 Å². The van der Waals surface area contributed by atoms with Crippen LogP contribution in [0.1, 0.15) is 38.3 Å². The van der Waals surface area contributed by atoms with Crippen molar-refractivity contribution >= 4 is 26.3 Å². The molecule has 1 aliphatic rings. The Hall–Kier alpha value is -1.25. The molecule has 1 atom stereocenters. The average Bonchev–Trinajstić information content (AvgIpc) is 2.95. The molecule has 0 bridgehead atoms. The molecule has 120 valence electrons. The van der Waals surface area contributed by atoms with Gasteiger partial charge >= 0.3 is 0 Å². The van der Waals surface area contributed by atoms with Crippen LogP contribution in [0.5, 0.6) is 0 Å². The van der Waals surface area contributed by atoms with Crippen LogP contribution in [0.15, 0.2) is 21.3 Å². The van der Waals surface area contributed by atoms with Gasteiger partial charge in [0.1, 0.15) is 0 Å². The van der Waals surface area contributed by atoms with Crippen molar-refractivity contribution in [3.8, 4) is 0 Å². The molecular formula is C14H19N3O3S2. The Bertz CT molecular complexity index is 854. The lowest BCUT2D eigenvalue weighted by molar-refractivity contribution is 0.246. The monoisotopic (exact) mass is 341 g/mol. The quantitative estimate of drug-likeness (QED) is 0.856. The first-order valence-electron chi connectivity index (χ1n) is 7.45. The van der Waals surface area contributed by atoms with Crippen molar-refractivity contribution in [3.05, 3.63) is 27.6 Å². The third kappa shape index (κ3) is 2.39. The van der Waals surface area contributed by atoms with Gasteiger partial charge in [-0.2, -0.15) is 4.31 Å². The van der Waals surface area contributed by atoms with Crippen molar-refractivity contribution in [2.24, 2.45) is 0 Å². The number of aryl methyl sites for hydroxylation is 1. The molecule has 3 rings (SSSR count). The van der Waals surface area contributed by atoms with E-state index >= 15 is 0 Å².